The van der Waals surface area contributed by atoms with E-state index in [1.54, 1.807) is 11.8 Å². The zero-order chi connectivity index (χ0) is 13.3. The van der Waals surface area contributed by atoms with Crippen LogP contribution < -0.4 is 16.4 Å². The molecule has 0 unspecified atom stereocenters. The van der Waals surface area contributed by atoms with Crippen LogP contribution in [0.25, 0.3) is 0 Å². The van der Waals surface area contributed by atoms with Gasteiger partial charge < -0.3 is 16.4 Å². The van der Waals surface area contributed by atoms with Crippen LogP contribution in [-0.2, 0) is 9.59 Å². The van der Waals surface area contributed by atoms with Crippen molar-refractivity contribution < 1.29 is 9.59 Å². The SMILES string of the molecule is CSCC[C@H](N)C(=O)NCC(=O)NCC(C)C. The lowest BCUT2D eigenvalue weighted by Crippen LogP contribution is -2.45. The van der Waals surface area contributed by atoms with E-state index in [0.29, 0.717) is 18.9 Å². The predicted octanol–water partition coefficient (Wildman–Crippen LogP) is -0.0448. The molecule has 0 spiro atoms. The third-order valence-electron chi connectivity index (χ3n) is 2.10. The minimum Gasteiger partial charge on any atom is -0.354 e. The maximum absolute atomic E-state index is 11.5. The van der Waals surface area contributed by atoms with E-state index >= 15 is 0 Å². The Kier molecular flexibility index (Phi) is 8.89. The van der Waals surface area contributed by atoms with Gasteiger partial charge in [-0.2, -0.15) is 11.8 Å². The summed E-state index contributed by atoms with van der Waals surface area (Å²) in [4.78, 5) is 22.8. The Labute approximate surface area is 107 Å². The Balaban J connectivity index is 3.71. The zero-order valence-corrected chi connectivity index (χ0v) is 11.6. The molecule has 0 saturated carbocycles. The van der Waals surface area contributed by atoms with E-state index in [2.05, 4.69) is 10.6 Å². The molecule has 0 aliphatic rings. The number of nitrogens with two attached hydrogens (primary N) is 1. The van der Waals surface area contributed by atoms with E-state index < -0.39 is 6.04 Å². The molecular weight excluding hydrogens is 238 g/mol. The molecule has 100 valence electrons. The first-order chi connectivity index (χ1) is 7.97. The van der Waals surface area contributed by atoms with Gasteiger partial charge >= 0.3 is 0 Å². The molecule has 0 rings (SSSR count). The molecule has 5 nitrogen and oxygen atoms in total. The number of carbonyl (C=O) groups is 2. The molecule has 0 saturated heterocycles. The largest absolute Gasteiger partial charge is 0.354 e. The lowest BCUT2D eigenvalue weighted by molar-refractivity contribution is -0.126. The first kappa shape index (κ1) is 16.2. The maximum atomic E-state index is 11.5. The first-order valence-electron chi connectivity index (χ1n) is 5.76. The van der Waals surface area contributed by atoms with Crippen molar-refractivity contribution in [2.24, 2.45) is 11.7 Å². The Morgan fingerprint density at radius 1 is 1.29 bits per heavy atom. The molecule has 6 heteroatoms. The molecule has 1 atom stereocenters. The Morgan fingerprint density at radius 2 is 1.94 bits per heavy atom. The third-order valence-corrected chi connectivity index (χ3v) is 2.74. The van der Waals surface area contributed by atoms with Crippen molar-refractivity contribution in [1.82, 2.24) is 10.6 Å². The quantitative estimate of drug-likeness (QED) is 0.572. The van der Waals surface area contributed by atoms with Crippen LogP contribution in [0.1, 0.15) is 20.3 Å². The summed E-state index contributed by atoms with van der Waals surface area (Å²) in [6, 6.07) is -0.527. The van der Waals surface area contributed by atoms with Crippen LogP contribution in [0.15, 0.2) is 0 Å². The van der Waals surface area contributed by atoms with E-state index in [-0.39, 0.29) is 18.4 Å². The Morgan fingerprint density at radius 3 is 2.47 bits per heavy atom. The molecule has 0 aromatic carbocycles. The Bertz CT molecular complexity index is 247. The molecular formula is C11H23N3O2S. The molecule has 4 N–H and O–H groups in total. The molecule has 0 aliphatic heterocycles. The van der Waals surface area contributed by atoms with E-state index in [9.17, 15) is 9.59 Å². The standard InChI is InChI=1S/C11H23N3O2S/c1-8(2)6-13-10(15)7-14-11(16)9(12)4-5-17-3/h8-9H,4-7,12H2,1-3H3,(H,13,15)(H,14,16)/t9-/m0/s1. The fraction of sp³-hybridized carbons (Fsp3) is 0.818. The predicted molar refractivity (Wildman–Crippen MR) is 71.8 cm³/mol. The van der Waals surface area contributed by atoms with Crippen molar-refractivity contribution in [1.29, 1.82) is 0 Å². The van der Waals surface area contributed by atoms with Crippen LogP contribution in [0.2, 0.25) is 0 Å². The zero-order valence-electron chi connectivity index (χ0n) is 10.8. The van der Waals surface area contributed by atoms with Crippen molar-refractivity contribution in [3.05, 3.63) is 0 Å². The van der Waals surface area contributed by atoms with Crippen molar-refractivity contribution in [2.45, 2.75) is 26.3 Å². The van der Waals surface area contributed by atoms with Crippen LogP contribution in [0, 0.1) is 5.92 Å². The van der Waals surface area contributed by atoms with Gasteiger partial charge in [-0.05, 0) is 24.3 Å². The molecule has 0 bridgehead atoms. The van der Waals surface area contributed by atoms with Crippen molar-refractivity contribution in [2.75, 3.05) is 25.1 Å². The highest BCUT2D eigenvalue weighted by Gasteiger charge is 2.13. The van der Waals surface area contributed by atoms with Gasteiger partial charge in [0.25, 0.3) is 0 Å². The maximum Gasteiger partial charge on any atom is 0.239 e. The lowest BCUT2D eigenvalue weighted by Gasteiger charge is -2.12. The summed E-state index contributed by atoms with van der Waals surface area (Å²) < 4.78 is 0. The average Bonchev–Trinajstić information content (AvgIpc) is 2.30. The highest BCUT2D eigenvalue weighted by atomic mass is 32.2. The van der Waals surface area contributed by atoms with Crippen molar-refractivity contribution >= 4 is 23.6 Å². The van der Waals surface area contributed by atoms with Crippen LogP contribution in [0.4, 0.5) is 0 Å². The number of thioether (sulfide) groups is 1. The van der Waals surface area contributed by atoms with Crippen LogP contribution in [-0.4, -0.2) is 43.0 Å². The van der Waals surface area contributed by atoms with E-state index in [1.807, 2.05) is 20.1 Å². The molecule has 0 aromatic rings. The number of hydrogen-bond acceptors (Lipinski definition) is 4. The summed E-state index contributed by atoms with van der Waals surface area (Å²) in [5.74, 6) is 0.801. The summed E-state index contributed by atoms with van der Waals surface area (Å²) in [5.41, 5.74) is 5.65. The molecule has 17 heavy (non-hydrogen) atoms. The highest BCUT2D eigenvalue weighted by molar-refractivity contribution is 7.98. The van der Waals surface area contributed by atoms with E-state index in [0.717, 1.165) is 5.75 Å². The van der Waals surface area contributed by atoms with Gasteiger partial charge in [-0.1, -0.05) is 13.8 Å². The Hall–Kier alpha value is -0.750. The summed E-state index contributed by atoms with van der Waals surface area (Å²) in [7, 11) is 0. The summed E-state index contributed by atoms with van der Waals surface area (Å²) in [6.07, 6.45) is 2.59. The van der Waals surface area contributed by atoms with Crippen LogP contribution in [0.5, 0.6) is 0 Å². The minimum atomic E-state index is -0.527. The molecule has 0 aromatic heterocycles. The van der Waals surface area contributed by atoms with Crippen LogP contribution in [0.3, 0.4) is 0 Å². The molecule has 0 aliphatic carbocycles. The summed E-state index contributed by atoms with van der Waals surface area (Å²) in [5, 5.41) is 5.25. The van der Waals surface area contributed by atoms with E-state index in [1.165, 1.54) is 0 Å². The fourth-order valence-corrected chi connectivity index (χ4v) is 1.54. The summed E-state index contributed by atoms with van der Waals surface area (Å²) in [6.45, 7) is 4.64. The van der Waals surface area contributed by atoms with Gasteiger partial charge in [0.2, 0.25) is 11.8 Å². The molecule has 2 amide bonds. The highest BCUT2D eigenvalue weighted by Crippen LogP contribution is 1.98. The number of amides is 2. The fourth-order valence-electron chi connectivity index (χ4n) is 1.05. The van der Waals surface area contributed by atoms with Gasteiger partial charge in [-0.15, -0.1) is 0 Å². The average molecular weight is 261 g/mol. The smallest absolute Gasteiger partial charge is 0.239 e. The second-order valence-electron chi connectivity index (χ2n) is 4.30. The van der Waals surface area contributed by atoms with Gasteiger partial charge in [-0.3, -0.25) is 9.59 Å². The molecule has 0 fully saturated rings. The van der Waals surface area contributed by atoms with Gasteiger partial charge in [0.15, 0.2) is 0 Å². The number of carbonyl (C=O) groups excluding carboxylic acids is 2. The first-order valence-corrected chi connectivity index (χ1v) is 7.15. The van der Waals surface area contributed by atoms with Gasteiger partial charge in [0.1, 0.15) is 0 Å². The number of hydrogen-bond donors (Lipinski definition) is 3. The van der Waals surface area contributed by atoms with Crippen molar-refractivity contribution in [3.8, 4) is 0 Å². The second-order valence-corrected chi connectivity index (χ2v) is 5.29. The monoisotopic (exact) mass is 261 g/mol. The third kappa shape index (κ3) is 9.00. The number of nitrogens with one attached hydrogen (secondary N) is 2. The summed E-state index contributed by atoms with van der Waals surface area (Å²) >= 11 is 1.64. The molecule has 0 heterocycles. The van der Waals surface area contributed by atoms with E-state index in [4.69, 9.17) is 5.73 Å². The normalized spacial score (nSPS) is 12.3. The van der Waals surface area contributed by atoms with Gasteiger partial charge in [0.05, 0.1) is 12.6 Å². The minimum absolute atomic E-state index is 0.00147. The second kappa shape index (κ2) is 9.30. The number of rotatable bonds is 8. The van der Waals surface area contributed by atoms with Gasteiger partial charge in [-0.25, -0.2) is 0 Å². The van der Waals surface area contributed by atoms with Gasteiger partial charge in [0, 0.05) is 6.54 Å². The van der Waals surface area contributed by atoms with Crippen LogP contribution >= 0.6 is 11.8 Å². The van der Waals surface area contributed by atoms with Crippen molar-refractivity contribution in [3.63, 3.8) is 0 Å². The molecule has 0 radical (unpaired) electrons. The lowest BCUT2D eigenvalue weighted by atomic mass is 10.2. The topological polar surface area (TPSA) is 84.2 Å².